The van der Waals surface area contributed by atoms with E-state index >= 15 is 0 Å². The molecule has 6 nitrogen and oxygen atoms in total. The van der Waals surface area contributed by atoms with Crippen molar-refractivity contribution in [3.63, 3.8) is 0 Å². The molecule has 0 bridgehead atoms. The molecular formula is C27H28N4O2. The molecule has 33 heavy (non-hydrogen) atoms. The Labute approximate surface area is 193 Å². The summed E-state index contributed by atoms with van der Waals surface area (Å²) in [6, 6.07) is 25.8. The minimum atomic E-state index is -0.0668. The van der Waals surface area contributed by atoms with Crippen LogP contribution in [0.1, 0.15) is 11.4 Å². The van der Waals surface area contributed by atoms with Gasteiger partial charge in [0.15, 0.2) is 0 Å². The Morgan fingerprint density at radius 3 is 2.18 bits per heavy atom. The van der Waals surface area contributed by atoms with Crippen LogP contribution in [-0.2, 0) is 13.1 Å². The SMILES string of the molecule is COc1ccccc1-n1c(CN2CCN(Cc3ccccc3)CC2)nc2ccccc2c1=O. The van der Waals surface area contributed by atoms with Gasteiger partial charge in [0.05, 0.1) is 30.2 Å². The van der Waals surface area contributed by atoms with Gasteiger partial charge in [0, 0.05) is 32.7 Å². The van der Waals surface area contributed by atoms with E-state index in [0.717, 1.165) is 49.8 Å². The third-order valence-electron chi connectivity index (χ3n) is 6.25. The maximum Gasteiger partial charge on any atom is 0.266 e. The minimum Gasteiger partial charge on any atom is -0.495 e. The zero-order valence-electron chi connectivity index (χ0n) is 18.9. The number of hydrogen-bond acceptors (Lipinski definition) is 5. The summed E-state index contributed by atoms with van der Waals surface area (Å²) in [6.07, 6.45) is 0. The van der Waals surface area contributed by atoms with E-state index in [1.807, 2.05) is 48.5 Å². The van der Waals surface area contributed by atoms with E-state index < -0.39 is 0 Å². The van der Waals surface area contributed by atoms with Gasteiger partial charge in [-0.1, -0.05) is 54.6 Å². The predicted octanol–water partition coefficient (Wildman–Crippen LogP) is 3.71. The van der Waals surface area contributed by atoms with E-state index in [4.69, 9.17) is 9.72 Å². The number of piperazine rings is 1. The molecule has 0 unspecified atom stereocenters. The van der Waals surface area contributed by atoms with Crippen molar-refractivity contribution < 1.29 is 4.74 Å². The van der Waals surface area contributed by atoms with E-state index in [1.54, 1.807) is 11.7 Å². The zero-order chi connectivity index (χ0) is 22.6. The number of nitrogens with zero attached hydrogens (tertiary/aromatic N) is 4. The first-order chi connectivity index (χ1) is 16.2. The van der Waals surface area contributed by atoms with Crippen LogP contribution in [0, 0.1) is 0 Å². The number of rotatable bonds is 6. The fourth-order valence-corrected chi connectivity index (χ4v) is 4.49. The molecule has 3 aromatic carbocycles. The van der Waals surface area contributed by atoms with Gasteiger partial charge in [-0.15, -0.1) is 0 Å². The smallest absolute Gasteiger partial charge is 0.266 e. The van der Waals surface area contributed by atoms with Gasteiger partial charge in [0.25, 0.3) is 5.56 Å². The molecule has 1 aromatic heterocycles. The minimum absolute atomic E-state index is 0.0668. The molecule has 1 aliphatic rings. The molecule has 0 saturated carbocycles. The fourth-order valence-electron chi connectivity index (χ4n) is 4.49. The molecule has 4 aromatic rings. The van der Waals surface area contributed by atoms with Crippen LogP contribution in [0.4, 0.5) is 0 Å². The lowest BCUT2D eigenvalue weighted by molar-refractivity contribution is 0.119. The third kappa shape index (κ3) is 4.53. The molecule has 168 valence electrons. The lowest BCUT2D eigenvalue weighted by Gasteiger charge is -2.34. The maximum absolute atomic E-state index is 13.6. The van der Waals surface area contributed by atoms with Crippen LogP contribution in [0.5, 0.6) is 5.75 Å². The summed E-state index contributed by atoms with van der Waals surface area (Å²) in [6.45, 7) is 5.41. The van der Waals surface area contributed by atoms with Gasteiger partial charge in [-0.3, -0.25) is 19.2 Å². The lowest BCUT2D eigenvalue weighted by Crippen LogP contribution is -2.46. The number of methoxy groups -OCH3 is 1. The summed E-state index contributed by atoms with van der Waals surface area (Å²) in [7, 11) is 1.63. The number of benzene rings is 3. The van der Waals surface area contributed by atoms with Crippen molar-refractivity contribution in [3.05, 3.63) is 101 Å². The largest absolute Gasteiger partial charge is 0.495 e. The van der Waals surface area contributed by atoms with Crippen molar-refractivity contribution in [2.24, 2.45) is 0 Å². The van der Waals surface area contributed by atoms with Gasteiger partial charge >= 0.3 is 0 Å². The second-order valence-corrected chi connectivity index (χ2v) is 8.40. The molecule has 1 fully saturated rings. The van der Waals surface area contributed by atoms with Crippen LogP contribution in [0.15, 0.2) is 83.7 Å². The fraction of sp³-hybridized carbons (Fsp3) is 0.259. The van der Waals surface area contributed by atoms with Gasteiger partial charge in [-0.05, 0) is 29.8 Å². The summed E-state index contributed by atoms with van der Waals surface area (Å²) in [4.78, 5) is 23.3. The van der Waals surface area contributed by atoms with Crippen molar-refractivity contribution in [1.29, 1.82) is 0 Å². The second kappa shape index (κ2) is 9.57. The molecule has 1 aliphatic heterocycles. The van der Waals surface area contributed by atoms with E-state index in [1.165, 1.54) is 5.56 Å². The number of hydrogen-bond donors (Lipinski definition) is 0. The Hall–Kier alpha value is -3.48. The van der Waals surface area contributed by atoms with E-state index in [2.05, 4.69) is 40.1 Å². The Morgan fingerprint density at radius 2 is 1.42 bits per heavy atom. The van der Waals surface area contributed by atoms with Crippen LogP contribution >= 0.6 is 0 Å². The molecule has 6 heteroatoms. The van der Waals surface area contributed by atoms with Gasteiger partial charge in [-0.2, -0.15) is 0 Å². The molecule has 0 spiro atoms. The quantitative estimate of drug-likeness (QED) is 0.458. The summed E-state index contributed by atoms with van der Waals surface area (Å²) >= 11 is 0. The summed E-state index contributed by atoms with van der Waals surface area (Å²) in [5, 5.41) is 0.611. The van der Waals surface area contributed by atoms with Crippen molar-refractivity contribution in [2.45, 2.75) is 13.1 Å². The highest BCUT2D eigenvalue weighted by molar-refractivity contribution is 5.78. The average molecular weight is 441 g/mol. The molecule has 0 atom stereocenters. The highest BCUT2D eigenvalue weighted by Gasteiger charge is 2.21. The van der Waals surface area contributed by atoms with Crippen LogP contribution in [-0.4, -0.2) is 52.6 Å². The topological polar surface area (TPSA) is 50.6 Å². The molecule has 0 N–H and O–H groups in total. The number of aromatic nitrogens is 2. The first-order valence-corrected chi connectivity index (χ1v) is 11.4. The predicted molar refractivity (Wildman–Crippen MR) is 131 cm³/mol. The van der Waals surface area contributed by atoms with Gasteiger partial charge in [-0.25, -0.2) is 4.98 Å². The van der Waals surface area contributed by atoms with Gasteiger partial charge < -0.3 is 4.74 Å². The van der Waals surface area contributed by atoms with Crippen LogP contribution in [0.3, 0.4) is 0 Å². The summed E-state index contributed by atoms with van der Waals surface area (Å²) < 4.78 is 7.29. The number of fused-ring (bicyclic) bond motifs is 1. The van der Waals surface area contributed by atoms with Crippen molar-refractivity contribution >= 4 is 10.9 Å². The Bertz CT molecular complexity index is 1290. The molecular weight excluding hydrogens is 412 g/mol. The third-order valence-corrected chi connectivity index (χ3v) is 6.25. The Morgan fingerprint density at radius 1 is 0.788 bits per heavy atom. The first-order valence-electron chi connectivity index (χ1n) is 11.4. The summed E-state index contributed by atoms with van der Waals surface area (Å²) in [5.41, 5.74) is 2.72. The van der Waals surface area contributed by atoms with Gasteiger partial charge in [0.1, 0.15) is 11.6 Å². The molecule has 2 heterocycles. The lowest BCUT2D eigenvalue weighted by atomic mass is 10.2. The van der Waals surface area contributed by atoms with Gasteiger partial charge in [0.2, 0.25) is 0 Å². The second-order valence-electron chi connectivity index (χ2n) is 8.40. The van der Waals surface area contributed by atoms with E-state index in [0.29, 0.717) is 17.7 Å². The standard InChI is InChI=1S/C27H28N4O2/c1-33-25-14-8-7-13-24(25)31-26(28-23-12-6-5-11-22(23)27(31)32)20-30-17-15-29(16-18-30)19-21-9-3-2-4-10-21/h2-14H,15-20H2,1H3. The average Bonchev–Trinajstić information content (AvgIpc) is 2.86. The maximum atomic E-state index is 13.6. The zero-order valence-corrected chi connectivity index (χ0v) is 18.9. The number of ether oxygens (including phenoxy) is 1. The van der Waals surface area contributed by atoms with Crippen molar-refractivity contribution in [3.8, 4) is 11.4 Å². The highest BCUT2D eigenvalue weighted by Crippen LogP contribution is 2.24. The van der Waals surface area contributed by atoms with Crippen molar-refractivity contribution in [2.75, 3.05) is 33.3 Å². The molecule has 0 amide bonds. The van der Waals surface area contributed by atoms with E-state index in [9.17, 15) is 4.79 Å². The van der Waals surface area contributed by atoms with E-state index in [-0.39, 0.29) is 5.56 Å². The van der Waals surface area contributed by atoms with Crippen LogP contribution in [0.25, 0.3) is 16.6 Å². The monoisotopic (exact) mass is 440 g/mol. The highest BCUT2D eigenvalue weighted by atomic mass is 16.5. The Balaban J connectivity index is 1.43. The van der Waals surface area contributed by atoms with Crippen LogP contribution in [0.2, 0.25) is 0 Å². The Kier molecular flexibility index (Phi) is 6.19. The molecule has 5 rings (SSSR count). The van der Waals surface area contributed by atoms with Crippen LogP contribution < -0.4 is 10.3 Å². The number of para-hydroxylation sites is 3. The first kappa shape index (κ1) is 21.4. The van der Waals surface area contributed by atoms with Crippen molar-refractivity contribution in [1.82, 2.24) is 19.4 Å². The summed E-state index contributed by atoms with van der Waals surface area (Å²) in [5.74, 6) is 1.39. The normalized spacial score (nSPS) is 15.1. The molecule has 0 radical (unpaired) electrons. The molecule has 0 aliphatic carbocycles. The molecule has 1 saturated heterocycles.